The highest BCUT2D eigenvalue weighted by Gasteiger charge is 2.11. The lowest BCUT2D eigenvalue weighted by atomic mass is 10.0. The van der Waals surface area contributed by atoms with Gasteiger partial charge in [0.2, 0.25) is 0 Å². The summed E-state index contributed by atoms with van der Waals surface area (Å²) in [4.78, 5) is 21.8. The van der Waals surface area contributed by atoms with Gasteiger partial charge >= 0.3 is 12.0 Å². The zero-order valence-corrected chi connectivity index (χ0v) is 11.2. The Bertz CT molecular complexity index is 422. The number of carbonyl (C=O) groups excluding carboxylic acids is 1. The minimum atomic E-state index is -0.878. The Balaban J connectivity index is 2.27. The summed E-state index contributed by atoms with van der Waals surface area (Å²) in [5, 5.41) is 23.0. The Hall–Kier alpha value is -2.08. The lowest BCUT2D eigenvalue weighted by Gasteiger charge is -2.15. The quantitative estimate of drug-likeness (QED) is 0.532. The SMILES string of the molecule is O=C(O)CCCNC(=O)NCC(CO)c1ccccc1. The molecule has 0 spiro atoms. The van der Waals surface area contributed by atoms with Crippen molar-refractivity contribution < 1.29 is 19.8 Å². The van der Waals surface area contributed by atoms with E-state index < -0.39 is 5.97 Å². The van der Waals surface area contributed by atoms with E-state index in [1.807, 2.05) is 30.3 Å². The molecule has 0 heterocycles. The number of benzene rings is 1. The fraction of sp³-hybridized carbons (Fsp3) is 0.429. The first-order valence-electron chi connectivity index (χ1n) is 6.52. The predicted molar refractivity (Wildman–Crippen MR) is 74.5 cm³/mol. The highest BCUT2D eigenvalue weighted by Crippen LogP contribution is 2.13. The number of carboxylic acids is 1. The summed E-state index contributed by atoms with van der Waals surface area (Å²) in [5.74, 6) is -1.03. The monoisotopic (exact) mass is 280 g/mol. The molecule has 1 aromatic rings. The molecule has 0 bridgehead atoms. The summed E-state index contributed by atoms with van der Waals surface area (Å²) < 4.78 is 0. The fourth-order valence-electron chi connectivity index (χ4n) is 1.73. The van der Waals surface area contributed by atoms with E-state index in [4.69, 9.17) is 5.11 Å². The van der Waals surface area contributed by atoms with Gasteiger partial charge < -0.3 is 20.8 Å². The van der Waals surface area contributed by atoms with Crippen molar-refractivity contribution in [1.82, 2.24) is 10.6 Å². The fourth-order valence-corrected chi connectivity index (χ4v) is 1.73. The van der Waals surface area contributed by atoms with Crippen molar-refractivity contribution in [1.29, 1.82) is 0 Å². The molecule has 0 aromatic heterocycles. The summed E-state index contributed by atoms with van der Waals surface area (Å²) >= 11 is 0. The highest BCUT2D eigenvalue weighted by molar-refractivity contribution is 5.74. The second-order valence-electron chi connectivity index (χ2n) is 4.42. The van der Waals surface area contributed by atoms with Gasteiger partial charge in [0.25, 0.3) is 0 Å². The van der Waals surface area contributed by atoms with E-state index in [2.05, 4.69) is 10.6 Å². The van der Waals surface area contributed by atoms with Crippen LogP contribution in [0.5, 0.6) is 0 Å². The normalized spacial score (nSPS) is 11.7. The summed E-state index contributed by atoms with van der Waals surface area (Å²) in [7, 11) is 0. The van der Waals surface area contributed by atoms with E-state index in [9.17, 15) is 14.7 Å². The van der Waals surface area contributed by atoms with E-state index in [1.165, 1.54) is 0 Å². The number of rotatable bonds is 8. The Labute approximate surface area is 117 Å². The van der Waals surface area contributed by atoms with E-state index in [1.54, 1.807) is 0 Å². The number of nitrogens with one attached hydrogen (secondary N) is 2. The molecule has 0 aliphatic heterocycles. The molecule has 110 valence electrons. The molecule has 1 rings (SSSR count). The molecular weight excluding hydrogens is 260 g/mol. The Kier molecular flexibility index (Phi) is 7.13. The molecular formula is C14H20N2O4. The van der Waals surface area contributed by atoms with Gasteiger partial charge in [-0.05, 0) is 12.0 Å². The zero-order valence-electron chi connectivity index (χ0n) is 11.2. The van der Waals surface area contributed by atoms with Crippen LogP contribution in [0.3, 0.4) is 0 Å². The van der Waals surface area contributed by atoms with Crippen molar-refractivity contribution in [2.24, 2.45) is 0 Å². The molecule has 1 unspecified atom stereocenters. The number of hydrogen-bond acceptors (Lipinski definition) is 3. The van der Waals surface area contributed by atoms with Crippen molar-refractivity contribution in [3.63, 3.8) is 0 Å². The molecule has 1 aromatic carbocycles. The second kappa shape index (κ2) is 8.92. The Morgan fingerprint density at radius 3 is 2.45 bits per heavy atom. The van der Waals surface area contributed by atoms with Gasteiger partial charge in [-0.1, -0.05) is 30.3 Å². The minimum Gasteiger partial charge on any atom is -0.481 e. The Morgan fingerprint density at radius 2 is 1.85 bits per heavy atom. The molecule has 1 atom stereocenters. The van der Waals surface area contributed by atoms with Crippen LogP contribution in [0.2, 0.25) is 0 Å². The number of carbonyl (C=O) groups is 2. The smallest absolute Gasteiger partial charge is 0.314 e. The van der Waals surface area contributed by atoms with Crippen LogP contribution in [0.15, 0.2) is 30.3 Å². The third kappa shape index (κ3) is 6.19. The molecule has 6 heteroatoms. The molecule has 2 amide bonds. The van der Waals surface area contributed by atoms with Gasteiger partial charge in [0, 0.05) is 25.4 Å². The number of urea groups is 1. The first-order chi connectivity index (χ1) is 9.63. The molecule has 0 saturated carbocycles. The van der Waals surface area contributed by atoms with E-state index >= 15 is 0 Å². The number of carboxylic acid groups (broad SMARTS) is 1. The molecule has 6 nitrogen and oxygen atoms in total. The third-order valence-corrected chi connectivity index (χ3v) is 2.85. The minimum absolute atomic E-state index is 0.0313. The first-order valence-corrected chi connectivity index (χ1v) is 6.52. The van der Waals surface area contributed by atoms with Gasteiger partial charge in [0.1, 0.15) is 0 Å². The van der Waals surface area contributed by atoms with E-state index in [0.717, 1.165) is 5.56 Å². The molecule has 0 aliphatic carbocycles. The zero-order chi connectivity index (χ0) is 14.8. The van der Waals surface area contributed by atoms with Crippen molar-refractivity contribution in [3.05, 3.63) is 35.9 Å². The molecule has 0 radical (unpaired) electrons. The maximum absolute atomic E-state index is 11.5. The van der Waals surface area contributed by atoms with Crippen LogP contribution in [0, 0.1) is 0 Å². The van der Waals surface area contributed by atoms with E-state index in [0.29, 0.717) is 19.5 Å². The predicted octanol–water partition coefficient (Wildman–Crippen LogP) is 0.927. The maximum atomic E-state index is 11.5. The summed E-state index contributed by atoms with van der Waals surface area (Å²) in [5.41, 5.74) is 0.959. The third-order valence-electron chi connectivity index (χ3n) is 2.85. The van der Waals surface area contributed by atoms with E-state index in [-0.39, 0.29) is 25.0 Å². The first kappa shape index (κ1) is 16.0. The maximum Gasteiger partial charge on any atom is 0.314 e. The standard InChI is InChI=1S/C14H20N2O4/c17-10-12(11-5-2-1-3-6-11)9-16-14(20)15-8-4-7-13(18)19/h1-3,5-6,12,17H,4,7-10H2,(H,18,19)(H2,15,16,20). The number of hydrogen-bond donors (Lipinski definition) is 4. The van der Waals surface area contributed by atoms with Crippen LogP contribution in [0.1, 0.15) is 24.3 Å². The van der Waals surface area contributed by atoms with Gasteiger partial charge in [-0.25, -0.2) is 4.79 Å². The second-order valence-corrected chi connectivity index (χ2v) is 4.42. The summed E-state index contributed by atoms with van der Waals surface area (Å²) in [6.07, 6.45) is 0.425. The molecule has 20 heavy (non-hydrogen) atoms. The average Bonchev–Trinajstić information content (AvgIpc) is 2.45. The number of aliphatic carboxylic acids is 1. The van der Waals surface area contributed by atoms with Crippen molar-refractivity contribution in [3.8, 4) is 0 Å². The van der Waals surface area contributed by atoms with Gasteiger partial charge in [-0.3, -0.25) is 4.79 Å². The van der Waals surface area contributed by atoms with Crippen LogP contribution in [0.25, 0.3) is 0 Å². The number of aliphatic hydroxyl groups excluding tert-OH is 1. The summed E-state index contributed by atoms with van der Waals surface area (Å²) in [6, 6.07) is 9.08. The van der Waals surface area contributed by atoms with Crippen LogP contribution >= 0.6 is 0 Å². The molecule has 0 fully saturated rings. The van der Waals surface area contributed by atoms with Crippen LogP contribution < -0.4 is 10.6 Å². The number of amides is 2. The van der Waals surface area contributed by atoms with Gasteiger partial charge in [-0.15, -0.1) is 0 Å². The molecule has 0 aliphatic rings. The average molecular weight is 280 g/mol. The lowest BCUT2D eigenvalue weighted by molar-refractivity contribution is -0.137. The van der Waals surface area contributed by atoms with Gasteiger partial charge in [0.15, 0.2) is 0 Å². The molecule has 0 saturated heterocycles. The molecule has 4 N–H and O–H groups in total. The topological polar surface area (TPSA) is 98.7 Å². The summed E-state index contributed by atoms with van der Waals surface area (Å²) in [6.45, 7) is 0.585. The van der Waals surface area contributed by atoms with Crippen molar-refractivity contribution in [2.45, 2.75) is 18.8 Å². The Morgan fingerprint density at radius 1 is 1.15 bits per heavy atom. The van der Waals surface area contributed by atoms with Crippen LogP contribution in [0.4, 0.5) is 4.79 Å². The lowest BCUT2D eigenvalue weighted by Crippen LogP contribution is -2.38. The largest absolute Gasteiger partial charge is 0.481 e. The number of aliphatic hydroxyl groups is 1. The van der Waals surface area contributed by atoms with Crippen LogP contribution in [-0.2, 0) is 4.79 Å². The van der Waals surface area contributed by atoms with Crippen molar-refractivity contribution >= 4 is 12.0 Å². The van der Waals surface area contributed by atoms with Crippen molar-refractivity contribution in [2.75, 3.05) is 19.7 Å². The van der Waals surface area contributed by atoms with Gasteiger partial charge in [-0.2, -0.15) is 0 Å². The highest BCUT2D eigenvalue weighted by atomic mass is 16.4. The van der Waals surface area contributed by atoms with Crippen LogP contribution in [-0.4, -0.2) is 41.9 Å². The van der Waals surface area contributed by atoms with Gasteiger partial charge in [0.05, 0.1) is 6.61 Å².